The van der Waals surface area contributed by atoms with Gasteiger partial charge in [0.15, 0.2) is 0 Å². The molecule has 0 aromatic carbocycles. The van der Waals surface area contributed by atoms with Gasteiger partial charge in [-0.1, -0.05) is 13.0 Å². The van der Waals surface area contributed by atoms with Crippen molar-refractivity contribution in [3.8, 4) is 0 Å². The Morgan fingerprint density at radius 3 is 2.90 bits per heavy atom. The van der Waals surface area contributed by atoms with Crippen molar-refractivity contribution < 1.29 is 0 Å². The van der Waals surface area contributed by atoms with Gasteiger partial charge in [-0.25, -0.2) is 0 Å². The lowest BCUT2D eigenvalue weighted by atomic mass is 10.1. The molecule has 2 heteroatoms. The Bertz CT molecular complexity index is 180. The fourth-order valence-electron chi connectivity index (χ4n) is 1.15. The molecule has 0 saturated carbocycles. The van der Waals surface area contributed by atoms with Crippen LogP contribution in [-0.4, -0.2) is 24.3 Å². The Labute approximate surface area is 62.2 Å². The summed E-state index contributed by atoms with van der Waals surface area (Å²) in [7, 11) is 1.99. The Morgan fingerprint density at radius 2 is 2.40 bits per heavy atom. The van der Waals surface area contributed by atoms with Gasteiger partial charge < -0.3 is 0 Å². The minimum absolute atomic E-state index is 0.959. The fourth-order valence-corrected chi connectivity index (χ4v) is 1.15. The van der Waals surface area contributed by atoms with Crippen LogP contribution in [0.5, 0.6) is 0 Å². The van der Waals surface area contributed by atoms with Gasteiger partial charge in [0.2, 0.25) is 0 Å². The van der Waals surface area contributed by atoms with Crippen LogP contribution in [0.15, 0.2) is 16.8 Å². The predicted octanol–water partition coefficient (Wildman–Crippen LogP) is 1.64. The predicted molar refractivity (Wildman–Crippen MR) is 44.1 cm³/mol. The summed E-state index contributed by atoms with van der Waals surface area (Å²) in [5.41, 5.74) is 2.55. The van der Waals surface area contributed by atoms with Crippen molar-refractivity contribution in [2.24, 2.45) is 5.10 Å². The molecule has 0 aromatic rings. The zero-order valence-corrected chi connectivity index (χ0v) is 6.89. The number of rotatable bonds is 1. The summed E-state index contributed by atoms with van der Waals surface area (Å²) in [6.45, 7) is 5.18. The van der Waals surface area contributed by atoms with Crippen molar-refractivity contribution in [1.82, 2.24) is 5.01 Å². The van der Waals surface area contributed by atoms with Gasteiger partial charge in [0.05, 0.1) is 12.3 Å². The zero-order chi connectivity index (χ0) is 7.56. The van der Waals surface area contributed by atoms with Crippen molar-refractivity contribution in [2.45, 2.75) is 20.3 Å². The Kier molecular flexibility index (Phi) is 2.10. The van der Waals surface area contributed by atoms with Crippen LogP contribution in [0.1, 0.15) is 20.3 Å². The standard InChI is InChI=1S/C8H14N2/c1-4-8-5-6-10(3)9-7(8)2/h5H,4,6H2,1-3H3. The molecule has 10 heavy (non-hydrogen) atoms. The monoisotopic (exact) mass is 138 g/mol. The van der Waals surface area contributed by atoms with Crippen LogP contribution in [0.3, 0.4) is 0 Å². The minimum Gasteiger partial charge on any atom is -0.296 e. The van der Waals surface area contributed by atoms with Crippen LogP contribution in [0, 0.1) is 0 Å². The maximum absolute atomic E-state index is 4.32. The number of likely N-dealkylation sites (N-methyl/N-ethyl adjacent to an activating group) is 1. The molecular weight excluding hydrogens is 124 g/mol. The molecule has 0 amide bonds. The maximum atomic E-state index is 4.32. The van der Waals surface area contributed by atoms with Gasteiger partial charge in [0.1, 0.15) is 0 Å². The molecular formula is C8H14N2. The SMILES string of the molecule is CCC1=CCN(C)N=C1C. The summed E-state index contributed by atoms with van der Waals surface area (Å²) in [6.07, 6.45) is 3.34. The lowest BCUT2D eigenvalue weighted by Gasteiger charge is -2.18. The molecule has 0 bridgehead atoms. The van der Waals surface area contributed by atoms with E-state index in [1.165, 1.54) is 5.57 Å². The first-order valence-electron chi connectivity index (χ1n) is 3.69. The van der Waals surface area contributed by atoms with Gasteiger partial charge in [0, 0.05) is 7.05 Å². The van der Waals surface area contributed by atoms with E-state index in [-0.39, 0.29) is 0 Å². The summed E-state index contributed by atoms with van der Waals surface area (Å²) in [4.78, 5) is 0. The highest BCUT2D eigenvalue weighted by Crippen LogP contribution is 2.09. The molecule has 0 fully saturated rings. The third-order valence-electron chi connectivity index (χ3n) is 1.77. The van der Waals surface area contributed by atoms with Crippen molar-refractivity contribution in [3.63, 3.8) is 0 Å². The average Bonchev–Trinajstić information content (AvgIpc) is 1.88. The Balaban J connectivity index is 2.71. The second-order valence-electron chi connectivity index (χ2n) is 2.61. The molecule has 0 saturated heterocycles. The topological polar surface area (TPSA) is 15.6 Å². The second-order valence-corrected chi connectivity index (χ2v) is 2.61. The second kappa shape index (κ2) is 2.86. The highest BCUT2D eigenvalue weighted by atomic mass is 15.4. The van der Waals surface area contributed by atoms with Crippen molar-refractivity contribution in [3.05, 3.63) is 11.6 Å². The molecule has 0 aromatic heterocycles. The van der Waals surface area contributed by atoms with Crippen molar-refractivity contribution in [2.75, 3.05) is 13.6 Å². The summed E-state index contributed by atoms with van der Waals surface area (Å²) in [6, 6.07) is 0. The number of hydrogen-bond acceptors (Lipinski definition) is 2. The van der Waals surface area contributed by atoms with E-state index in [2.05, 4.69) is 25.0 Å². The van der Waals surface area contributed by atoms with E-state index >= 15 is 0 Å². The van der Waals surface area contributed by atoms with E-state index in [4.69, 9.17) is 0 Å². The number of hydrazone groups is 1. The smallest absolute Gasteiger partial charge is 0.0603 e. The van der Waals surface area contributed by atoms with E-state index in [1.54, 1.807) is 0 Å². The molecule has 0 radical (unpaired) electrons. The Morgan fingerprint density at radius 1 is 1.70 bits per heavy atom. The molecule has 1 heterocycles. The quantitative estimate of drug-likeness (QED) is 0.538. The van der Waals surface area contributed by atoms with Crippen LogP contribution in [0.25, 0.3) is 0 Å². The average molecular weight is 138 g/mol. The lowest BCUT2D eigenvalue weighted by Crippen LogP contribution is -2.19. The molecule has 0 spiro atoms. The lowest BCUT2D eigenvalue weighted by molar-refractivity contribution is 0.388. The van der Waals surface area contributed by atoms with Crippen LogP contribution < -0.4 is 0 Å². The molecule has 2 nitrogen and oxygen atoms in total. The first-order valence-corrected chi connectivity index (χ1v) is 3.69. The summed E-state index contributed by atoms with van der Waals surface area (Å²) < 4.78 is 0. The van der Waals surface area contributed by atoms with Crippen LogP contribution in [0.4, 0.5) is 0 Å². The third kappa shape index (κ3) is 1.38. The van der Waals surface area contributed by atoms with Gasteiger partial charge in [-0.05, 0) is 18.9 Å². The first-order chi connectivity index (χ1) is 4.74. The molecule has 1 rings (SSSR count). The number of allylic oxidation sites excluding steroid dienone is 1. The van der Waals surface area contributed by atoms with Crippen LogP contribution in [-0.2, 0) is 0 Å². The molecule has 56 valence electrons. The first kappa shape index (κ1) is 7.32. The largest absolute Gasteiger partial charge is 0.296 e. The third-order valence-corrected chi connectivity index (χ3v) is 1.77. The molecule has 0 aliphatic carbocycles. The number of hydrogen-bond donors (Lipinski definition) is 0. The highest BCUT2D eigenvalue weighted by molar-refractivity contribution is 5.98. The molecule has 0 unspecified atom stereocenters. The van der Waals surface area contributed by atoms with E-state index in [0.717, 1.165) is 18.7 Å². The van der Waals surface area contributed by atoms with Crippen LogP contribution >= 0.6 is 0 Å². The molecule has 1 aliphatic heterocycles. The van der Waals surface area contributed by atoms with E-state index in [9.17, 15) is 0 Å². The van der Waals surface area contributed by atoms with E-state index in [0.29, 0.717) is 0 Å². The van der Waals surface area contributed by atoms with Crippen LogP contribution in [0.2, 0.25) is 0 Å². The molecule has 0 N–H and O–H groups in total. The van der Waals surface area contributed by atoms with Crippen molar-refractivity contribution >= 4 is 5.71 Å². The minimum atomic E-state index is 0.959. The molecule has 1 aliphatic rings. The highest BCUT2D eigenvalue weighted by Gasteiger charge is 2.05. The van der Waals surface area contributed by atoms with Gasteiger partial charge in [-0.3, -0.25) is 5.01 Å². The van der Waals surface area contributed by atoms with E-state index in [1.807, 2.05) is 12.1 Å². The number of nitrogens with zero attached hydrogens (tertiary/aromatic N) is 2. The maximum Gasteiger partial charge on any atom is 0.0603 e. The Hall–Kier alpha value is -0.790. The zero-order valence-electron chi connectivity index (χ0n) is 6.89. The summed E-state index contributed by atoms with van der Waals surface area (Å²) in [5.74, 6) is 0. The normalized spacial score (nSPS) is 18.5. The summed E-state index contributed by atoms with van der Waals surface area (Å²) in [5, 5.41) is 6.27. The van der Waals surface area contributed by atoms with Gasteiger partial charge >= 0.3 is 0 Å². The van der Waals surface area contributed by atoms with Gasteiger partial charge in [0.25, 0.3) is 0 Å². The van der Waals surface area contributed by atoms with Gasteiger partial charge in [-0.2, -0.15) is 5.10 Å². The summed E-state index contributed by atoms with van der Waals surface area (Å²) >= 11 is 0. The van der Waals surface area contributed by atoms with E-state index < -0.39 is 0 Å². The molecule has 0 atom stereocenters. The van der Waals surface area contributed by atoms with Crippen molar-refractivity contribution in [1.29, 1.82) is 0 Å². The van der Waals surface area contributed by atoms with Gasteiger partial charge in [-0.15, -0.1) is 0 Å². The fraction of sp³-hybridized carbons (Fsp3) is 0.625.